The third kappa shape index (κ3) is 9.91. The molecule has 5 atom stereocenters. The summed E-state index contributed by atoms with van der Waals surface area (Å²) >= 11 is 0. The molecule has 0 bridgehead atoms. The van der Waals surface area contributed by atoms with E-state index in [0.717, 1.165) is 34.2 Å². The highest BCUT2D eigenvalue weighted by Gasteiger charge is 2.49. The molecule has 0 N–H and O–H groups in total. The van der Waals surface area contributed by atoms with E-state index >= 15 is 0 Å². The zero-order valence-corrected chi connectivity index (χ0v) is 29.4. The van der Waals surface area contributed by atoms with E-state index in [9.17, 15) is 0 Å². The van der Waals surface area contributed by atoms with Gasteiger partial charge in [0, 0.05) is 0 Å². The topological polar surface area (TPSA) is 46.2 Å². The first-order valence-corrected chi connectivity index (χ1v) is 18.1. The van der Waals surface area contributed by atoms with Crippen molar-refractivity contribution < 1.29 is 23.7 Å². The van der Waals surface area contributed by atoms with E-state index in [1.165, 1.54) is 11.1 Å². The van der Waals surface area contributed by atoms with Gasteiger partial charge >= 0.3 is 0 Å². The van der Waals surface area contributed by atoms with Crippen LogP contribution in [0.3, 0.4) is 0 Å². The highest BCUT2D eigenvalue weighted by atomic mass is 16.6. The molecule has 1 saturated heterocycles. The number of rotatable bonds is 16. The molecule has 1 fully saturated rings. The van der Waals surface area contributed by atoms with Crippen molar-refractivity contribution in [3.63, 3.8) is 0 Å². The summed E-state index contributed by atoms with van der Waals surface area (Å²) < 4.78 is 34.3. The van der Waals surface area contributed by atoms with E-state index in [4.69, 9.17) is 23.7 Å². The fourth-order valence-corrected chi connectivity index (χ4v) is 6.77. The summed E-state index contributed by atoms with van der Waals surface area (Å²) in [5, 5.41) is 0. The van der Waals surface area contributed by atoms with Crippen molar-refractivity contribution >= 4 is 0 Å². The fourth-order valence-electron chi connectivity index (χ4n) is 6.77. The summed E-state index contributed by atoms with van der Waals surface area (Å²) in [5.41, 5.74) is 7.83. The van der Waals surface area contributed by atoms with Gasteiger partial charge in [0.15, 0.2) is 0 Å². The number of ether oxygens (including phenoxy) is 5. The second-order valence-corrected chi connectivity index (χ2v) is 13.3. The lowest BCUT2D eigenvalue weighted by Gasteiger charge is -2.46. The maximum Gasteiger partial charge on any atom is 0.117 e. The van der Waals surface area contributed by atoms with Gasteiger partial charge in [-0.3, -0.25) is 0 Å². The summed E-state index contributed by atoms with van der Waals surface area (Å²) in [6.07, 6.45) is -1.51. The van der Waals surface area contributed by atoms with Crippen LogP contribution < -0.4 is 0 Å². The molecule has 5 heteroatoms. The lowest BCUT2D eigenvalue weighted by molar-refractivity contribution is -0.275. The predicted molar refractivity (Wildman–Crippen MR) is 204 cm³/mol. The molecule has 0 aromatic heterocycles. The molecule has 0 saturated carbocycles. The van der Waals surface area contributed by atoms with Gasteiger partial charge in [0.1, 0.15) is 30.5 Å². The maximum atomic E-state index is 7.15. The third-order valence-electron chi connectivity index (χ3n) is 9.41. The normalized spacial score (nSPS) is 20.0. The Bertz CT molecular complexity index is 1890. The minimum absolute atomic E-state index is 0.325. The molecule has 6 aromatic carbocycles. The molecule has 1 heterocycles. The van der Waals surface area contributed by atoms with Crippen molar-refractivity contribution in [2.24, 2.45) is 0 Å². The van der Waals surface area contributed by atoms with Gasteiger partial charge in [-0.2, -0.15) is 0 Å². The number of hydrogen-bond donors (Lipinski definition) is 0. The summed E-state index contributed by atoms with van der Waals surface area (Å²) in [5.74, 6) is 0. The van der Waals surface area contributed by atoms with Crippen LogP contribution in [0.1, 0.15) is 45.0 Å². The van der Waals surface area contributed by atoms with E-state index in [0.29, 0.717) is 33.0 Å². The van der Waals surface area contributed by atoms with Crippen LogP contribution in [0.15, 0.2) is 176 Å². The molecule has 0 unspecified atom stereocenters. The van der Waals surface area contributed by atoms with E-state index in [1.54, 1.807) is 0 Å². The summed E-state index contributed by atoms with van der Waals surface area (Å²) in [6.45, 7) is 2.00. The van der Waals surface area contributed by atoms with Crippen molar-refractivity contribution in [2.45, 2.75) is 63.4 Å². The summed E-state index contributed by atoms with van der Waals surface area (Å²) in [4.78, 5) is 0. The molecule has 0 radical (unpaired) electrons. The Morgan fingerprint density at radius 2 is 0.808 bits per heavy atom. The van der Waals surface area contributed by atoms with Crippen molar-refractivity contribution in [2.75, 3.05) is 6.61 Å². The molecule has 1 aliphatic rings. The molecule has 0 spiro atoms. The van der Waals surface area contributed by atoms with Crippen LogP contribution in [0, 0.1) is 0 Å². The van der Waals surface area contributed by atoms with E-state index in [-0.39, 0.29) is 0 Å². The van der Waals surface area contributed by atoms with Gasteiger partial charge < -0.3 is 23.7 Å². The summed E-state index contributed by atoms with van der Waals surface area (Å²) in [7, 11) is 0. The van der Waals surface area contributed by atoms with Gasteiger partial charge in [-0.05, 0) is 45.4 Å². The van der Waals surface area contributed by atoms with Crippen molar-refractivity contribution in [1.82, 2.24) is 0 Å². The number of benzene rings is 6. The van der Waals surface area contributed by atoms with Gasteiger partial charge in [-0.15, -0.1) is 0 Å². The molecule has 1 aliphatic heterocycles. The standard InChI is InChI=1S/C47H46O5/c1-6-17-36(18-7-1)29-41-27-16-28-42(30-41)44-46(50-33-39-23-12-4-13-24-39)47(51-34-40-25-14-5-15-26-40)45(49-32-38-21-10-3-11-22-38)43(52-44)35-48-31-37-19-8-2-9-20-37/h1-28,30,43-47H,29,31-35H2/t43-,44+,45-,46+,47+/m1/s1. The second kappa shape index (κ2) is 18.6. The van der Waals surface area contributed by atoms with Crippen LogP contribution in [-0.4, -0.2) is 31.0 Å². The van der Waals surface area contributed by atoms with Crippen LogP contribution in [0.2, 0.25) is 0 Å². The molecule has 264 valence electrons. The van der Waals surface area contributed by atoms with Crippen molar-refractivity contribution in [3.05, 3.63) is 215 Å². The van der Waals surface area contributed by atoms with Crippen LogP contribution >= 0.6 is 0 Å². The largest absolute Gasteiger partial charge is 0.374 e. The second-order valence-electron chi connectivity index (χ2n) is 13.3. The van der Waals surface area contributed by atoms with E-state index in [1.807, 2.05) is 72.8 Å². The molecule has 52 heavy (non-hydrogen) atoms. The molecule has 7 rings (SSSR count). The average Bonchev–Trinajstić information content (AvgIpc) is 3.21. The van der Waals surface area contributed by atoms with Gasteiger partial charge in [-0.1, -0.05) is 176 Å². The highest BCUT2D eigenvalue weighted by Crippen LogP contribution is 2.39. The fraction of sp³-hybridized carbons (Fsp3) is 0.234. The Morgan fingerprint density at radius 3 is 1.33 bits per heavy atom. The third-order valence-corrected chi connectivity index (χ3v) is 9.41. The minimum atomic E-state index is -0.484. The van der Waals surface area contributed by atoms with Crippen molar-refractivity contribution in [1.29, 1.82) is 0 Å². The van der Waals surface area contributed by atoms with Gasteiger partial charge in [0.25, 0.3) is 0 Å². The van der Waals surface area contributed by atoms with E-state index < -0.39 is 30.5 Å². The Morgan fingerprint density at radius 1 is 0.385 bits per heavy atom. The van der Waals surface area contributed by atoms with Crippen LogP contribution in [-0.2, 0) is 56.5 Å². The van der Waals surface area contributed by atoms with E-state index in [2.05, 4.69) is 103 Å². The first-order chi connectivity index (χ1) is 25.8. The molecular weight excluding hydrogens is 645 g/mol. The minimum Gasteiger partial charge on any atom is -0.374 e. The summed E-state index contributed by atoms with van der Waals surface area (Å²) in [6, 6.07) is 60.2. The zero-order chi connectivity index (χ0) is 35.2. The Hall–Kier alpha value is -4.88. The van der Waals surface area contributed by atoms with Crippen LogP contribution in [0.25, 0.3) is 0 Å². The Labute approximate surface area is 307 Å². The van der Waals surface area contributed by atoms with Crippen LogP contribution in [0.4, 0.5) is 0 Å². The highest BCUT2D eigenvalue weighted by molar-refractivity contribution is 5.32. The van der Waals surface area contributed by atoms with Gasteiger partial charge in [0.2, 0.25) is 0 Å². The SMILES string of the molecule is c1ccc(COC[C@H]2O[C@@H](c3cccc(Cc4ccccc4)c3)[C@H](OCc3ccccc3)[C@@H](OCc3ccccc3)[C@@H]2OCc2ccccc2)cc1. The Kier molecular flexibility index (Phi) is 12.7. The smallest absolute Gasteiger partial charge is 0.117 e. The monoisotopic (exact) mass is 690 g/mol. The van der Waals surface area contributed by atoms with Gasteiger partial charge in [0.05, 0.1) is 33.0 Å². The molecule has 0 aliphatic carbocycles. The molecule has 5 nitrogen and oxygen atoms in total. The van der Waals surface area contributed by atoms with Gasteiger partial charge in [-0.25, -0.2) is 0 Å². The molecule has 0 amide bonds. The molecular formula is C47H46O5. The van der Waals surface area contributed by atoms with Crippen molar-refractivity contribution in [3.8, 4) is 0 Å². The zero-order valence-electron chi connectivity index (χ0n) is 29.4. The predicted octanol–water partition coefficient (Wildman–Crippen LogP) is 9.69. The quantitative estimate of drug-likeness (QED) is 0.101. The average molecular weight is 691 g/mol. The number of hydrogen-bond acceptors (Lipinski definition) is 5. The Balaban J connectivity index is 1.24. The lowest BCUT2D eigenvalue weighted by Crippen LogP contribution is -2.58. The lowest BCUT2D eigenvalue weighted by atomic mass is 9.89. The first-order valence-electron chi connectivity index (χ1n) is 18.1. The molecule has 6 aromatic rings. The maximum absolute atomic E-state index is 7.15. The van der Waals surface area contributed by atoms with Crippen LogP contribution in [0.5, 0.6) is 0 Å². The first kappa shape index (κ1) is 35.5.